The van der Waals surface area contributed by atoms with Gasteiger partial charge in [0, 0.05) is 13.1 Å². The highest BCUT2D eigenvalue weighted by atomic mass is 19.1. The number of anilines is 1. The van der Waals surface area contributed by atoms with Crippen molar-refractivity contribution >= 4 is 5.69 Å². The summed E-state index contributed by atoms with van der Waals surface area (Å²) < 4.78 is 14.4. The summed E-state index contributed by atoms with van der Waals surface area (Å²) >= 11 is 0. The molecule has 2 saturated heterocycles. The summed E-state index contributed by atoms with van der Waals surface area (Å²) in [6.07, 6.45) is 12.5. The number of benzene rings is 1. The minimum absolute atomic E-state index is 0.227. The molecule has 2 aliphatic rings. The third kappa shape index (κ3) is 3.87. The average Bonchev–Trinajstić information content (AvgIpc) is 3.08. The second kappa shape index (κ2) is 7.36. The Morgan fingerprint density at radius 2 is 1.87 bits per heavy atom. The van der Waals surface area contributed by atoms with Gasteiger partial charge in [0.15, 0.2) is 0 Å². The predicted molar refractivity (Wildman–Crippen MR) is 94.3 cm³/mol. The third-order valence-electron chi connectivity index (χ3n) is 5.40. The van der Waals surface area contributed by atoms with Gasteiger partial charge in [-0.1, -0.05) is 5.92 Å². The molecule has 2 fully saturated rings. The molecule has 0 N–H and O–H groups in total. The molecule has 0 aromatic heterocycles. The molecular formula is C20H27FN2. The largest absolute Gasteiger partial charge is 0.370 e. The van der Waals surface area contributed by atoms with E-state index in [0.29, 0.717) is 5.56 Å². The van der Waals surface area contributed by atoms with E-state index in [0.717, 1.165) is 43.1 Å². The van der Waals surface area contributed by atoms with E-state index in [2.05, 4.69) is 28.8 Å². The lowest BCUT2D eigenvalue weighted by Gasteiger charge is -2.29. The molecule has 2 nitrogen and oxygen atoms in total. The van der Waals surface area contributed by atoms with Crippen LogP contribution in [0.25, 0.3) is 0 Å². The zero-order valence-electron chi connectivity index (χ0n) is 14.2. The number of hydrogen-bond acceptors (Lipinski definition) is 2. The second-order valence-electron chi connectivity index (χ2n) is 7.10. The fraction of sp³-hybridized carbons (Fsp3) is 0.600. The summed E-state index contributed by atoms with van der Waals surface area (Å²) in [7, 11) is 2.19. The molecule has 0 amide bonds. The molecule has 0 spiro atoms. The molecule has 23 heavy (non-hydrogen) atoms. The van der Waals surface area contributed by atoms with Crippen molar-refractivity contribution in [1.82, 2.24) is 4.90 Å². The fourth-order valence-electron chi connectivity index (χ4n) is 3.86. The first-order valence-corrected chi connectivity index (χ1v) is 8.90. The van der Waals surface area contributed by atoms with E-state index in [9.17, 15) is 4.39 Å². The molecule has 3 rings (SSSR count). The average molecular weight is 314 g/mol. The lowest BCUT2D eigenvalue weighted by atomic mass is 9.90. The van der Waals surface area contributed by atoms with Crippen molar-refractivity contribution in [2.45, 2.75) is 38.5 Å². The van der Waals surface area contributed by atoms with E-state index >= 15 is 0 Å². The summed E-state index contributed by atoms with van der Waals surface area (Å²) in [5.74, 6) is 3.10. The Labute approximate surface area is 139 Å². The Kier molecular flexibility index (Phi) is 5.23. The molecule has 0 aliphatic carbocycles. The van der Waals surface area contributed by atoms with Gasteiger partial charge in [0.05, 0.1) is 11.3 Å². The highest BCUT2D eigenvalue weighted by molar-refractivity contribution is 5.62. The Morgan fingerprint density at radius 3 is 2.52 bits per heavy atom. The SMILES string of the molecule is C#Cc1c(F)cc(CCC2CCN(C)CC2)cc1N1CCCC1. The summed E-state index contributed by atoms with van der Waals surface area (Å²) in [5, 5.41) is 0. The van der Waals surface area contributed by atoms with Gasteiger partial charge in [-0.25, -0.2) is 4.39 Å². The molecule has 3 heteroatoms. The normalized spacial score (nSPS) is 20.0. The summed E-state index contributed by atoms with van der Waals surface area (Å²) in [5.41, 5.74) is 2.47. The molecule has 0 saturated carbocycles. The topological polar surface area (TPSA) is 6.48 Å². The number of hydrogen-bond donors (Lipinski definition) is 0. The maximum atomic E-state index is 14.4. The summed E-state index contributed by atoms with van der Waals surface area (Å²) in [6, 6.07) is 3.79. The van der Waals surface area contributed by atoms with Crippen LogP contribution in [0.2, 0.25) is 0 Å². The Balaban J connectivity index is 1.71. The summed E-state index contributed by atoms with van der Waals surface area (Å²) in [6.45, 7) is 4.36. The summed E-state index contributed by atoms with van der Waals surface area (Å²) in [4.78, 5) is 4.64. The van der Waals surface area contributed by atoms with Crippen LogP contribution in [0.15, 0.2) is 12.1 Å². The first kappa shape index (κ1) is 16.3. The van der Waals surface area contributed by atoms with E-state index in [1.807, 2.05) is 0 Å². The zero-order valence-corrected chi connectivity index (χ0v) is 14.2. The lowest BCUT2D eigenvalue weighted by Crippen LogP contribution is -2.30. The molecular weight excluding hydrogens is 287 g/mol. The van der Waals surface area contributed by atoms with Crippen LogP contribution in [-0.2, 0) is 6.42 Å². The minimum atomic E-state index is -0.227. The van der Waals surface area contributed by atoms with Crippen molar-refractivity contribution in [2.75, 3.05) is 38.1 Å². The lowest BCUT2D eigenvalue weighted by molar-refractivity contribution is 0.212. The highest BCUT2D eigenvalue weighted by Gasteiger charge is 2.20. The number of halogens is 1. The number of rotatable bonds is 4. The van der Waals surface area contributed by atoms with Gasteiger partial charge in [0.25, 0.3) is 0 Å². The van der Waals surface area contributed by atoms with E-state index in [-0.39, 0.29) is 5.82 Å². The van der Waals surface area contributed by atoms with Crippen LogP contribution in [0.4, 0.5) is 10.1 Å². The van der Waals surface area contributed by atoms with Crippen molar-refractivity contribution in [3.05, 3.63) is 29.1 Å². The van der Waals surface area contributed by atoms with Crippen LogP contribution >= 0.6 is 0 Å². The third-order valence-corrected chi connectivity index (χ3v) is 5.40. The predicted octanol–water partition coefficient (Wildman–Crippen LogP) is 3.68. The van der Waals surface area contributed by atoms with Crippen LogP contribution in [-0.4, -0.2) is 38.1 Å². The van der Waals surface area contributed by atoms with Crippen molar-refractivity contribution in [1.29, 1.82) is 0 Å². The fourth-order valence-corrected chi connectivity index (χ4v) is 3.86. The minimum Gasteiger partial charge on any atom is -0.370 e. The first-order chi connectivity index (χ1) is 11.2. The van der Waals surface area contributed by atoms with Crippen LogP contribution in [0.5, 0.6) is 0 Å². The van der Waals surface area contributed by atoms with Crippen molar-refractivity contribution in [3.8, 4) is 12.3 Å². The Hall–Kier alpha value is -1.53. The van der Waals surface area contributed by atoms with Gasteiger partial charge < -0.3 is 9.80 Å². The number of terminal acetylenes is 1. The number of aryl methyl sites for hydroxylation is 1. The van der Waals surface area contributed by atoms with Gasteiger partial charge in [-0.05, 0) is 82.3 Å². The Morgan fingerprint density at radius 1 is 1.17 bits per heavy atom. The van der Waals surface area contributed by atoms with Crippen molar-refractivity contribution in [3.63, 3.8) is 0 Å². The van der Waals surface area contributed by atoms with Gasteiger partial charge in [-0.2, -0.15) is 0 Å². The van der Waals surface area contributed by atoms with E-state index in [4.69, 9.17) is 6.42 Å². The number of nitrogens with zero attached hydrogens (tertiary/aromatic N) is 2. The van der Waals surface area contributed by atoms with Gasteiger partial charge in [-0.3, -0.25) is 0 Å². The Bertz CT molecular complexity index is 576. The van der Waals surface area contributed by atoms with Crippen LogP contribution in [0, 0.1) is 24.1 Å². The van der Waals surface area contributed by atoms with E-state index in [1.165, 1.54) is 38.8 Å². The molecule has 2 aliphatic heterocycles. The molecule has 1 aromatic carbocycles. The van der Waals surface area contributed by atoms with Gasteiger partial charge in [-0.15, -0.1) is 6.42 Å². The van der Waals surface area contributed by atoms with E-state index in [1.54, 1.807) is 6.07 Å². The molecule has 2 heterocycles. The van der Waals surface area contributed by atoms with Crippen LogP contribution in [0.3, 0.4) is 0 Å². The van der Waals surface area contributed by atoms with Gasteiger partial charge >= 0.3 is 0 Å². The zero-order chi connectivity index (χ0) is 16.2. The van der Waals surface area contributed by atoms with Crippen LogP contribution < -0.4 is 4.90 Å². The molecule has 0 radical (unpaired) electrons. The smallest absolute Gasteiger partial charge is 0.141 e. The number of piperidine rings is 1. The molecule has 124 valence electrons. The van der Waals surface area contributed by atoms with Crippen LogP contribution in [0.1, 0.15) is 43.2 Å². The number of likely N-dealkylation sites (tertiary alicyclic amines) is 1. The molecule has 0 unspecified atom stereocenters. The maximum absolute atomic E-state index is 14.4. The van der Waals surface area contributed by atoms with Gasteiger partial charge in [0.2, 0.25) is 0 Å². The van der Waals surface area contributed by atoms with Crippen molar-refractivity contribution in [2.24, 2.45) is 5.92 Å². The molecule has 0 bridgehead atoms. The standard InChI is InChI=1S/C20H27FN2/c1-3-18-19(21)14-17(15-20(18)23-10-4-5-11-23)7-6-16-8-12-22(2)13-9-16/h1,14-16H,4-13H2,2H3. The van der Waals surface area contributed by atoms with Gasteiger partial charge in [0.1, 0.15) is 5.82 Å². The quantitative estimate of drug-likeness (QED) is 0.782. The second-order valence-corrected chi connectivity index (χ2v) is 7.10. The monoisotopic (exact) mass is 314 g/mol. The molecule has 0 atom stereocenters. The van der Waals surface area contributed by atoms with Crippen molar-refractivity contribution < 1.29 is 4.39 Å². The van der Waals surface area contributed by atoms with E-state index < -0.39 is 0 Å². The maximum Gasteiger partial charge on any atom is 0.141 e. The highest BCUT2D eigenvalue weighted by Crippen LogP contribution is 2.29. The first-order valence-electron chi connectivity index (χ1n) is 8.90. The molecule has 1 aromatic rings.